The molecule has 6 heteroatoms. The van der Waals surface area contributed by atoms with Crippen LogP contribution in [-0.4, -0.2) is 23.9 Å². The van der Waals surface area contributed by atoms with Crippen LogP contribution in [0.3, 0.4) is 0 Å². The predicted molar refractivity (Wildman–Crippen MR) is 126 cm³/mol. The van der Waals surface area contributed by atoms with Crippen LogP contribution in [0.2, 0.25) is 15.1 Å². The van der Waals surface area contributed by atoms with Crippen LogP contribution in [0.15, 0.2) is 36.4 Å². The van der Waals surface area contributed by atoms with Gasteiger partial charge >= 0.3 is 0 Å². The van der Waals surface area contributed by atoms with Crippen molar-refractivity contribution in [2.24, 2.45) is 11.8 Å². The molecule has 0 N–H and O–H groups in total. The Morgan fingerprint density at radius 2 is 1.84 bits per heavy atom. The number of halogens is 3. The van der Waals surface area contributed by atoms with Gasteiger partial charge in [0.25, 0.3) is 0 Å². The molecule has 1 saturated carbocycles. The monoisotopic (exact) mass is 474 g/mol. The quantitative estimate of drug-likeness (QED) is 0.473. The van der Waals surface area contributed by atoms with Gasteiger partial charge in [-0.05, 0) is 79.0 Å². The SMILES string of the molecule is N#Cc1ccc(C(Cc2cc(Cl)ccc2Cl)[C@H]2CCN(C(=O)C3CCCC3)C2)cc1Cl. The van der Waals surface area contributed by atoms with Gasteiger partial charge in [0.1, 0.15) is 6.07 Å². The molecule has 31 heavy (non-hydrogen) atoms. The number of carbonyl (C=O) groups excluding carboxylic acids is 1. The smallest absolute Gasteiger partial charge is 0.225 e. The van der Waals surface area contributed by atoms with E-state index < -0.39 is 0 Å². The minimum Gasteiger partial charge on any atom is -0.342 e. The maximum Gasteiger partial charge on any atom is 0.225 e. The molecule has 1 saturated heterocycles. The summed E-state index contributed by atoms with van der Waals surface area (Å²) >= 11 is 19.1. The van der Waals surface area contributed by atoms with E-state index in [2.05, 4.69) is 11.0 Å². The van der Waals surface area contributed by atoms with Crippen molar-refractivity contribution in [3.63, 3.8) is 0 Å². The van der Waals surface area contributed by atoms with Crippen LogP contribution in [0.5, 0.6) is 0 Å². The Hall–Kier alpha value is -1.73. The van der Waals surface area contributed by atoms with Crippen molar-refractivity contribution in [3.05, 3.63) is 68.2 Å². The molecule has 0 bridgehead atoms. The molecule has 3 nitrogen and oxygen atoms in total. The molecule has 1 amide bonds. The summed E-state index contributed by atoms with van der Waals surface area (Å²) in [6, 6.07) is 13.3. The summed E-state index contributed by atoms with van der Waals surface area (Å²) in [6.45, 7) is 1.54. The average molecular weight is 476 g/mol. The van der Waals surface area contributed by atoms with Gasteiger partial charge in [-0.15, -0.1) is 0 Å². The molecule has 1 heterocycles. The standard InChI is InChI=1S/C25H25Cl3N2O/c26-21-7-8-23(27)20(11-21)12-22(17-5-6-18(14-29)24(28)13-17)19-9-10-30(15-19)25(31)16-3-1-2-4-16/h5-8,11,13,16,19,22H,1-4,9-10,12,15H2/t19-,22?/m0/s1. The average Bonchev–Trinajstić information content (AvgIpc) is 3.46. The second kappa shape index (κ2) is 9.82. The maximum atomic E-state index is 13.0. The van der Waals surface area contributed by atoms with E-state index in [9.17, 15) is 10.1 Å². The summed E-state index contributed by atoms with van der Waals surface area (Å²) in [4.78, 5) is 15.0. The Kier molecular flexibility index (Phi) is 7.12. The van der Waals surface area contributed by atoms with Gasteiger partial charge < -0.3 is 4.90 Å². The summed E-state index contributed by atoms with van der Waals surface area (Å²) in [6.07, 6.45) is 6.01. The first-order chi connectivity index (χ1) is 15.0. The summed E-state index contributed by atoms with van der Waals surface area (Å²) in [5.74, 6) is 0.938. The number of hydrogen-bond donors (Lipinski definition) is 0. The lowest BCUT2D eigenvalue weighted by atomic mass is 9.80. The molecule has 2 fully saturated rings. The van der Waals surface area contributed by atoms with Crippen LogP contribution >= 0.6 is 34.8 Å². The number of carbonyl (C=O) groups is 1. The van der Waals surface area contributed by atoms with Gasteiger partial charge in [-0.1, -0.05) is 53.7 Å². The Balaban J connectivity index is 1.61. The van der Waals surface area contributed by atoms with Crippen LogP contribution in [0.4, 0.5) is 0 Å². The third-order valence-electron chi connectivity index (χ3n) is 6.80. The van der Waals surface area contributed by atoms with Crippen molar-refractivity contribution in [2.75, 3.05) is 13.1 Å². The zero-order valence-electron chi connectivity index (χ0n) is 17.3. The van der Waals surface area contributed by atoms with Gasteiger partial charge in [0.05, 0.1) is 10.6 Å². The summed E-state index contributed by atoms with van der Waals surface area (Å²) in [5, 5.41) is 11.0. The van der Waals surface area contributed by atoms with Crippen molar-refractivity contribution in [2.45, 2.75) is 44.4 Å². The van der Waals surface area contributed by atoms with E-state index in [1.54, 1.807) is 12.1 Å². The highest BCUT2D eigenvalue weighted by molar-refractivity contribution is 6.33. The second-order valence-corrected chi connectivity index (χ2v) is 9.96. The van der Waals surface area contributed by atoms with Crippen molar-refractivity contribution >= 4 is 40.7 Å². The van der Waals surface area contributed by atoms with Crippen molar-refractivity contribution in [1.82, 2.24) is 4.90 Å². The molecule has 1 aliphatic carbocycles. The van der Waals surface area contributed by atoms with Crippen molar-refractivity contribution < 1.29 is 4.79 Å². The van der Waals surface area contributed by atoms with E-state index in [-0.39, 0.29) is 11.8 Å². The molecule has 4 rings (SSSR count). The Bertz CT molecular complexity index is 1010. The van der Waals surface area contributed by atoms with Gasteiger partial charge in [-0.3, -0.25) is 4.79 Å². The molecule has 2 aromatic rings. The molecular formula is C25H25Cl3N2O. The van der Waals surface area contributed by atoms with E-state index in [4.69, 9.17) is 34.8 Å². The number of benzene rings is 2. The molecule has 0 spiro atoms. The van der Waals surface area contributed by atoms with E-state index >= 15 is 0 Å². The normalized spacial score (nSPS) is 20.1. The summed E-state index contributed by atoms with van der Waals surface area (Å²) in [7, 11) is 0. The predicted octanol–water partition coefficient (Wildman–Crippen LogP) is 6.88. The fourth-order valence-corrected chi connectivity index (χ4v) is 5.71. The highest BCUT2D eigenvalue weighted by Gasteiger charge is 2.36. The minimum atomic E-state index is 0.127. The van der Waals surface area contributed by atoms with Gasteiger partial charge in [0.15, 0.2) is 0 Å². The Morgan fingerprint density at radius 1 is 1.06 bits per heavy atom. The maximum absolute atomic E-state index is 13.0. The number of nitriles is 1. The second-order valence-electron chi connectivity index (χ2n) is 8.71. The first-order valence-corrected chi connectivity index (χ1v) is 12.0. The van der Waals surface area contributed by atoms with Crippen LogP contribution in [-0.2, 0) is 11.2 Å². The lowest BCUT2D eigenvalue weighted by molar-refractivity contribution is -0.134. The zero-order valence-corrected chi connectivity index (χ0v) is 19.6. The highest BCUT2D eigenvalue weighted by atomic mass is 35.5. The molecule has 2 atom stereocenters. The number of nitrogens with zero attached hydrogens (tertiary/aromatic N) is 2. The van der Waals surface area contributed by atoms with Crippen LogP contribution in [0.1, 0.15) is 54.7 Å². The van der Waals surface area contributed by atoms with Crippen molar-refractivity contribution in [1.29, 1.82) is 5.26 Å². The van der Waals surface area contributed by atoms with Gasteiger partial charge in [-0.2, -0.15) is 5.26 Å². The lowest BCUT2D eigenvalue weighted by Gasteiger charge is -2.26. The minimum absolute atomic E-state index is 0.127. The summed E-state index contributed by atoms with van der Waals surface area (Å²) < 4.78 is 0. The number of rotatable bonds is 5. The van der Waals surface area contributed by atoms with Gasteiger partial charge in [0.2, 0.25) is 5.91 Å². The third kappa shape index (κ3) is 5.03. The van der Waals surface area contributed by atoms with Crippen LogP contribution in [0.25, 0.3) is 0 Å². The third-order valence-corrected chi connectivity index (χ3v) is 7.72. The number of likely N-dealkylation sites (tertiary alicyclic amines) is 1. The van der Waals surface area contributed by atoms with E-state index in [0.717, 1.165) is 56.3 Å². The number of hydrogen-bond acceptors (Lipinski definition) is 2. The largest absolute Gasteiger partial charge is 0.342 e. The molecular weight excluding hydrogens is 451 g/mol. The molecule has 162 valence electrons. The topological polar surface area (TPSA) is 44.1 Å². The molecule has 1 unspecified atom stereocenters. The fourth-order valence-electron chi connectivity index (χ4n) is 5.09. The first kappa shape index (κ1) is 22.5. The molecule has 0 aromatic heterocycles. The molecule has 2 aromatic carbocycles. The molecule has 0 radical (unpaired) electrons. The summed E-state index contributed by atoms with van der Waals surface area (Å²) in [5.41, 5.74) is 2.52. The Labute approximate surface area is 198 Å². The fraction of sp³-hybridized carbons (Fsp3) is 0.440. The van der Waals surface area contributed by atoms with E-state index in [0.29, 0.717) is 38.9 Å². The van der Waals surface area contributed by atoms with Crippen molar-refractivity contribution in [3.8, 4) is 6.07 Å². The van der Waals surface area contributed by atoms with Gasteiger partial charge in [-0.25, -0.2) is 0 Å². The Morgan fingerprint density at radius 3 is 2.55 bits per heavy atom. The number of amides is 1. The highest BCUT2D eigenvalue weighted by Crippen LogP contribution is 2.39. The lowest BCUT2D eigenvalue weighted by Crippen LogP contribution is -2.34. The molecule has 2 aliphatic rings. The molecule has 1 aliphatic heterocycles. The van der Waals surface area contributed by atoms with Gasteiger partial charge in [0, 0.05) is 29.1 Å². The first-order valence-electron chi connectivity index (χ1n) is 10.9. The van der Waals surface area contributed by atoms with Crippen LogP contribution < -0.4 is 0 Å². The van der Waals surface area contributed by atoms with E-state index in [1.165, 1.54) is 0 Å². The van der Waals surface area contributed by atoms with Crippen LogP contribution in [0, 0.1) is 23.2 Å². The zero-order chi connectivity index (χ0) is 22.0. The van der Waals surface area contributed by atoms with E-state index in [1.807, 2.05) is 24.3 Å².